The van der Waals surface area contributed by atoms with Gasteiger partial charge in [-0.1, -0.05) is 45.9 Å². The lowest BCUT2D eigenvalue weighted by Gasteiger charge is -2.30. The zero-order valence-electron chi connectivity index (χ0n) is 16.7. The van der Waals surface area contributed by atoms with E-state index in [0.717, 1.165) is 0 Å². The molecule has 0 aliphatic carbocycles. The van der Waals surface area contributed by atoms with Gasteiger partial charge in [0.25, 0.3) is 10.0 Å². The molecule has 0 spiro atoms. The van der Waals surface area contributed by atoms with Crippen LogP contribution < -0.4 is 9.62 Å². The molecule has 0 unspecified atom stereocenters. The summed E-state index contributed by atoms with van der Waals surface area (Å²) in [7, 11) is -3.78. The molecule has 0 amide bonds. The summed E-state index contributed by atoms with van der Waals surface area (Å²) in [6.45, 7) is 9.75. The number of nitrogens with zero attached hydrogens (tertiary/aromatic N) is 1. The summed E-state index contributed by atoms with van der Waals surface area (Å²) in [6, 6.07) is 12.6. The van der Waals surface area contributed by atoms with Crippen molar-refractivity contribution in [2.24, 2.45) is 11.8 Å². The first-order chi connectivity index (χ1) is 13.1. The van der Waals surface area contributed by atoms with E-state index in [4.69, 9.17) is 0 Å². The quantitative estimate of drug-likeness (QED) is 0.650. The van der Waals surface area contributed by atoms with Crippen molar-refractivity contribution in [3.63, 3.8) is 0 Å². The Labute approximate surface area is 167 Å². The second kappa shape index (κ2) is 9.10. The van der Waals surface area contributed by atoms with E-state index in [0.29, 0.717) is 30.6 Å². The molecule has 0 aliphatic heterocycles. The van der Waals surface area contributed by atoms with E-state index in [-0.39, 0.29) is 16.1 Å². The molecule has 0 fully saturated rings. The number of aromatic carboxylic acids is 1. The van der Waals surface area contributed by atoms with Crippen LogP contribution in [0.2, 0.25) is 0 Å². The standard InChI is InChI=1S/C21H28N2O4S/c1-15(2)13-23(14-16(3)4)20-11-10-17(12-19(20)21(24)25)22-28(26,27)18-8-6-5-7-9-18/h5-12,15-16,22H,13-14H2,1-4H3,(H,24,25). The Hall–Kier alpha value is -2.54. The predicted octanol–water partition coefficient (Wildman–Crippen LogP) is 4.30. The highest BCUT2D eigenvalue weighted by molar-refractivity contribution is 7.92. The second-order valence-electron chi connectivity index (χ2n) is 7.65. The zero-order chi connectivity index (χ0) is 20.9. The lowest BCUT2D eigenvalue weighted by molar-refractivity contribution is 0.0697. The van der Waals surface area contributed by atoms with Crippen molar-refractivity contribution < 1.29 is 18.3 Å². The van der Waals surface area contributed by atoms with Crippen LogP contribution in [0.5, 0.6) is 0 Å². The average Bonchev–Trinajstić information content (AvgIpc) is 2.60. The Morgan fingerprint density at radius 3 is 2.07 bits per heavy atom. The monoisotopic (exact) mass is 404 g/mol. The highest BCUT2D eigenvalue weighted by Crippen LogP contribution is 2.27. The van der Waals surface area contributed by atoms with Crippen molar-refractivity contribution in [3.8, 4) is 0 Å². The number of rotatable bonds is 9. The molecule has 0 heterocycles. The maximum atomic E-state index is 12.5. The van der Waals surface area contributed by atoms with Gasteiger partial charge in [0.1, 0.15) is 0 Å². The molecule has 28 heavy (non-hydrogen) atoms. The van der Waals surface area contributed by atoms with Crippen LogP contribution in [0.25, 0.3) is 0 Å². The van der Waals surface area contributed by atoms with Crippen LogP contribution >= 0.6 is 0 Å². The molecule has 2 rings (SSSR count). The highest BCUT2D eigenvalue weighted by Gasteiger charge is 2.20. The Morgan fingerprint density at radius 1 is 1.00 bits per heavy atom. The third-order valence-electron chi connectivity index (χ3n) is 4.04. The molecule has 0 aromatic heterocycles. The fourth-order valence-corrected chi connectivity index (χ4v) is 4.08. The number of sulfonamides is 1. The lowest BCUT2D eigenvalue weighted by atomic mass is 10.1. The van der Waals surface area contributed by atoms with Gasteiger partial charge in [-0.15, -0.1) is 0 Å². The van der Waals surface area contributed by atoms with Crippen LogP contribution in [-0.4, -0.2) is 32.6 Å². The SMILES string of the molecule is CC(C)CN(CC(C)C)c1ccc(NS(=O)(=O)c2ccccc2)cc1C(=O)O. The second-order valence-corrected chi connectivity index (χ2v) is 9.33. The summed E-state index contributed by atoms with van der Waals surface area (Å²) in [5.41, 5.74) is 0.895. The Balaban J connectivity index is 2.40. The molecule has 7 heteroatoms. The van der Waals surface area contributed by atoms with Gasteiger partial charge in [-0.3, -0.25) is 4.72 Å². The van der Waals surface area contributed by atoms with Crippen molar-refractivity contribution in [1.29, 1.82) is 0 Å². The van der Waals surface area contributed by atoms with Gasteiger partial charge in [0.15, 0.2) is 0 Å². The summed E-state index contributed by atoms with van der Waals surface area (Å²) >= 11 is 0. The minimum Gasteiger partial charge on any atom is -0.478 e. The molecule has 2 aromatic rings. The Bertz CT molecular complexity index is 899. The molecular weight excluding hydrogens is 376 g/mol. The van der Waals surface area contributed by atoms with Gasteiger partial charge < -0.3 is 10.0 Å². The third-order valence-corrected chi connectivity index (χ3v) is 5.44. The maximum absolute atomic E-state index is 12.5. The molecule has 152 valence electrons. The van der Waals surface area contributed by atoms with Gasteiger partial charge in [0, 0.05) is 18.8 Å². The van der Waals surface area contributed by atoms with E-state index >= 15 is 0 Å². The predicted molar refractivity (Wildman–Crippen MR) is 113 cm³/mol. The van der Waals surface area contributed by atoms with Crippen LogP contribution in [0.3, 0.4) is 0 Å². The molecule has 0 saturated heterocycles. The first kappa shape index (κ1) is 21.8. The first-order valence-electron chi connectivity index (χ1n) is 9.30. The summed E-state index contributed by atoms with van der Waals surface area (Å²) < 4.78 is 27.5. The van der Waals surface area contributed by atoms with Crippen molar-refractivity contribution in [2.75, 3.05) is 22.7 Å². The lowest BCUT2D eigenvalue weighted by Crippen LogP contribution is -2.32. The minimum absolute atomic E-state index is 0.0783. The number of carbonyl (C=O) groups is 1. The number of nitrogens with one attached hydrogen (secondary N) is 1. The topological polar surface area (TPSA) is 86.7 Å². The Morgan fingerprint density at radius 2 is 1.57 bits per heavy atom. The number of hydrogen-bond acceptors (Lipinski definition) is 4. The van der Waals surface area contributed by atoms with Crippen LogP contribution in [-0.2, 0) is 10.0 Å². The zero-order valence-corrected chi connectivity index (χ0v) is 17.5. The van der Waals surface area contributed by atoms with Gasteiger partial charge >= 0.3 is 5.97 Å². The maximum Gasteiger partial charge on any atom is 0.337 e. The third kappa shape index (κ3) is 5.73. The number of benzene rings is 2. The Kier molecular flexibility index (Phi) is 7.07. The largest absolute Gasteiger partial charge is 0.478 e. The molecule has 2 N–H and O–H groups in total. The van der Waals surface area contributed by atoms with Gasteiger partial charge in [-0.2, -0.15) is 0 Å². The van der Waals surface area contributed by atoms with E-state index in [2.05, 4.69) is 32.4 Å². The van der Waals surface area contributed by atoms with E-state index in [9.17, 15) is 18.3 Å². The molecule has 0 radical (unpaired) electrons. The summed E-state index contributed by atoms with van der Waals surface area (Å²) in [5, 5.41) is 9.72. The van der Waals surface area contributed by atoms with Crippen LogP contribution in [0, 0.1) is 11.8 Å². The minimum atomic E-state index is -3.78. The summed E-state index contributed by atoms with van der Waals surface area (Å²) in [5.74, 6) is -0.374. The smallest absolute Gasteiger partial charge is 0.337 e. The average molecular weight is 405 g/mol. The fraction of sp³-hybridized carbons (Fsp3) is 0.381. The van der Waals surface area contributed by atoms with Crippen molar-refractivity contribution >= 4 is 27.4 Å². The normalized spacial score (nSPS) is 11.6. The highest BCUT2D eigenvalue weighted by atomic mass is 32.2. The molecule has 0 atom stereocenters. The van der Waals surface area contributed by atoms with E-state index < -0.39 is 16.0 Å². The number of anilines is 2. The van der Waals surface area contributed by atoms with Crippen molar-refractivity contribution in [1.82, 2.24) is 0 Å². The van der Waals surface area contributed by atoms with Gasteiger partial charge in [-0.05, 0) is 42.2 Å². The molecule has 0 aliphatic rings. The van der Waals surface area contributed by atoms with E-state index in [1.54, 1.807) is 30.3 Å². The molecule has 0 saturated carbocycles. The number of carboxylic acids is 1. The number of hydrogen-bond donors (Lipinski definition) is 2. The molecule has 6 nitrogen and oxygen atoms in total. The molecule has 2 aromatic carbocycles. The number of carboxylic acid groups (broad SMARTS) is 1. The van der Waals surface area contributed by atoms with E-state index in [1.807, 2.05) is 4.90 Å². The van der Waals surface area contributed by atoms with Crippen molar-refractivity contribution in [2.45, 2.75) is 32.6 Å². The van der Waals surface area contributed by atoms with Crippen LogP contribution in [0.4, 0.5) is 11.4 Å². The van der Waals surface area contributed by atoms with Gasteiger partial charge in [0.2, 0.25) is 0 Å². The summed E-state index contributed by atoms with van der Waals surface area (Å²) in [6.07, 6.45) is 0. The van der Waals surface area contributed by atoms with E-state index in [1.165, 1.54) is 18.2 Å². The van der Waals surface area contributed by atoms with Gasteiger partial charge in [0.05, 0.1) is 16.1 Å². The fourth-order valence-electron chi connectivity index (χ4n) is 3.01. The first-order valence-corrected chi connectivity index (χ1v) is 10.8. The van der Waals surface area contributed by atoms with Crippen LogP contribution in [0.15, 0.2) is 53.4 Å². The van der Waals surface area contributed by atoms with Gasteiger partial charge in [-0.25, -0.2) is 13.2 Å². The van der Waals surface area contributed by atoms with Crippen molar-refractivity contribution in [3.05, 3.63) is 54.1 Å². The van der Waals surface area contributed by atoms with Crippen LogP contribution in [0.1, 0.15) is 38.1 Å². The molecule has 0 bridgehead atoms. The summed E-state index contributed by atoms with van der Waals surface area (Å²) in [4.78, 5) is 14.1. The molecular formula is C21H28N2O4S.